The molecule has 1 fully saturated rings. The van der Waals surface area contributed by atoms with Crippen LogP contribution in [0.15, 0.2) is 10.6 Å². The maximum atomic E-state index is 5.40. The molecule has 1 aromatic rings. The zero-order valence-electron chi connectivity index (χ0n) is 13.1. The van der Waals surface area contributed by atoms with Crippen molar-refractivity contribution in [2.45, 2.75) is 32.9 Å². The molecular formula is C15H28N4O. The van der Waals surface area contributed by atoms with Crippen molar-refractivity contribution >= 4 is 0 Å². The minimum atomic E-state index is 0.790. The Morgan fingerprint density at radius 3 is 2.90 bits per heavy atom. The molecule has 1 aromatic heterocycles. The Balaban J connectivity index is 1.73. The molecule has 5 heteroatoms. The van der Waals surface area contributed by atoms with E-state index in [2.05, 4.69) is 47.4 Å². The second-order valence-electron chi connectivity index (χ2n) is 6.01. The van der Waals surface area contributed by atoms with Gasteiger partial charge in [-0.3, -0.25) is 4.90 Å². The highest BCUT2D eigenvalue weighted by atomic mass is 16.5. The number of nitrogens with zero attached hydrogens (tertiary/aromatic N) is 3. The minimum Gasteiger partial charge on any atom is -0.360 e. The van der Waals surface area contributed by atoms with Gasteiger partial charge in [0.1, 0.15) is 0 Å². The molecule has 2 heterocycles. The lowest BCUT2D eigenvalue weighted by Crippen LogP contribution is -2.35. The van der Waals surface area contributed by atoms with Gasteiger partial charge in [0.05, 0.1) is 12.2 Å². The molecule has 0 bridgehead atoms. The summed E-state index contributed by atoms with van der Waals surface area (Å²) in [6.07, 6.45) is 2.62. The first-order valence-electron chi connectivity index (χ1n) is 7.69. The Bertz CT molecular complexity index is 385. The van der Waals surface area contributed by atoms with E-state index in [4.69, 9.17) is 4.52 Å². The largest absolute Gasteiger partial charge is 0.360 e. The summed E-state index contributed by atoms with van der Waals surface area (Å²) in [5, 5.41) is 7.35. The molecule has 0 aromatic carbocycles. The first kappa shape index (κ1) is 15.5. The normalized spacial score (nSPS) is 18.0. The lowest BCUT2D eigenvalue weighted by molar-refractivity contribution is 0.166. The third-order valence-corrected chi connectivity index (χ3v) is 4.00. The Kier molecular flexibility index (Phi) is 6.01. The van der Waals surface area contributed by atoms with Gasteiger partial charge in [0.2, 0.25) is 0 Å². The molecule has 1 N–H and O–H groups in total. The highest BCUT2D eigenvalue weighted by Crippen LogP contribution is 2.17. The van der Waals surface area contributed by atoms with Crippen LogP contribution in [0.2, 0.25) is 0 Å². The Labute approximate surface area is 122 Å². The number of rotatable bonds is 7. The van der Waals surface area contributed by atoms with E-state index in [1.165, 1.54) is 25.9 Å². The molecule has 5 nitrogen and oxygen atoms in total. The Hall–Kier alpha value is -0.910. The molecular weight excluding hydrogens is 252 g/mol. The maximum Gasteiger partial charge on any atom is 0.151 e. The zero-order chi connectivity index (χ0) is 14.4. The van der Waals surface area contributed by atoms with Crippen LogP contribution < -0.4 is 5.32 Å². The monoisotopic (exact) mass is 280 g/mol. The van der Waals surface area contributed by atoms with Crippen molar-refractivity contribution in [3.05, 3.63) is 17.5 Å². The van der Waals surface area contributed by atoms with Crippen molar-refractivity contribution < 1.29 is 4.52 Å². The van der Waals surface area contributed by atoms with Crippen LogP contribution in [0.25, 0.3) is 0 Å². The van der Waals surface area contributed by atoms with Gasteiger partial charge in [-0.15, -0.1) is 0 Å². The van der Waals surface area contributed by atoms with Crippen molar-refractivity contribution in [3.8, 4) is 0 Å². The summed E-state index contributed by atoms with van der Waals surface area (Å²) in [4.78, 5) is 4.77. The van der Waals surface area contributed by atoms with Gasteiger partial charge in [-0.1, -0.05) is 12.1 Å². The smallest absolute Gasteiger partial charge is 0.151 e. The summed E-state index contributed by atoms with van der Waals surface area (Å²) in [7, 11) is 4.38. The second-order valence-corrected chi connectivity index (χ2v) is 6.01. The van der Waals surface area contributed by atoms with Gasteiger partial charge in [-0.05, 0) is 52.5 Å². The number of piperidine rings is 1. The topological polar surface area (TPSA) is 44.5 Å². The van der Waals surface area contributed by atoms with Crippen LogP contribution >= 0.6 is 0 Å². The van der Waals surface area contributed by atoms with Crippen molar-refractivity contribution in [3.63, 3.8) is 0 Å². The number of likely N-dealkylation sites (tertiary alicyclic amines) is 1. The molecule has 20 heavy (non-hydrogen) atoms. The van der Waals surface area contributed by atoms with Crippen molar-refractivity contribution in [1.29, 1.82) is 0 Å². The molecule has 1 saturated heterocycles. The van der Waals surface area contributed by atoms with E-state index in [0.717, 1.165) is 43.6 Å². The summed E-state index contributed by atoms with van der Waals surface area (Å²) in [5.74, 6) is 1.79. The van der Waals surface area contributed by atoms with Gasteiger partial charge < -0.3 is 14.7 Å². The SMILES string of the molecule is CCNCc1cc(CN(C)CC2CCN(C)CC2)on1. The highest BCUT2D eigenvalue weighted by Gasteiger charge is 2.18. The van der Waals surface area contributed by atoms with E-state index in [-0.39, 0.29) is 0 Å². The summed E-state index contributed by atoms with van der Waals surface area (Å²) in [5.41, 5.74) is 0.995. The molecule has 0 spiro atoms. The third-order valence-electron chi connectivity index (χ3n) is 4.00. The molecule has 0 saturated carbocycles. The highest BCUT2D eigenvalue weighted by molar-refractivity contribution is 5.05. The zero-order valence-corrected chi connectivity index (χ0v) is 13.1. The minimum absolute atomic E-state index is 0.790. The lowest BCUT2D eigenvalue weighted by Gasteiger charge is -2.31. The average Bonchev–Trinajstić information content (AvgIpc) is 2.86. The molecule has 0 amide bonds. The third kappa shape index (κ3) is 4.89. The average molecular weight is 280 g/mol. The van der Waals surface area contributed by atoms with E-state index < -0.39 is 0 Å². The van der Waals surface area contributed by atoms with Gasteiger partial charge in [0.15, 0.2) is 5.76 Å². The molecule has 114 valence electrons. The first-order chi connectivity index (χ1) is 9.67. The maximum absolute atomic E-state index is 5.40. The van der Waals surface area contributed by atoms with Gasteiger partial charge in [-0.2, -0.15) is 0 Å². The summed E-state index contributed by atoms with van der Waals surface area (Å²) in [6.45, 7) is 8.30. The number of nitrogens with one attached hydrogen (secondary N) is 1. The van der Waals surface area contributed by atoms with Crippen LogP contribution in [0.1, 0.15) is 31.2 Å². The molecule has 1 aliphatic rings. The standard InChI is InChI=1S/C15H28N4O/c1-4-16-10-14-9-15(20-17-14)12-19(3)11-13-5-7-18(2)8-6-13/h9,13,16H,4-8,10-12H2,1-3H3. The van der Waals surface area contributed by atoms with Crippen molar-refractivity contribution in [2.75, 3.05) is 40.3 Å². The molecule has 2 rings (SSSR count). The van der Waals surface area contributed by atoms with Gasteiger partial charge in [0.25, 0.3) is 0 Å². The van der Waals surface area contributed by atoms with E-state index in [1.54, 1.807) is 0 Å². The Morgan fingerprint density at radius 1 is 1.45 bits per heavy atom. The van der Waals surface area contributed by atoms with E-state index >= 15 is 0 Å². The number of hydrogen-bond acceptors (Lipinski definition) is 5. The molecule has 0 radical (unpaired) electrons. The first-order valence-corrected chi connectivity index (χ1v) is 7.69. The van der Waals surface area contributed by atoms with Crippen molar-refractivity contribution in [2.24, 2.45) is 5.92 Å². The fourth-order valence-corrected chi connectivity index (χ4v) is 2.78. The van der Waals surface area contributed by atoms with Gasteiger partial charge in [0, 0.05) is 19.2 Å². The quantitative estimate of drug-likeness (QED) is 0.821. The number of aromatic nitrogens is 1. The predicted molar refractivity (Wildman–Crippen MR) is 80.4 cm³/mol. The number of hydrogen-bond donors (Lipinski definition) is 1. The molecule has 1 aliphatic heterocycles. The molecule has 0 aliphatic carbocycles. The van der Waals surface area contributed by atoms with Crippen LogP contribution in [0, 0.1) is 5.92 Å². The van der Waals surface area contributed by atoms with Gasteiger partial charge >= 0.3 is 0 Å². The van der Waals surface area contributed by atoms with Crippen LogP contribution in [-0.4, -0.2) is 55.2 Å². The summed E-state index contributed by atoms with van der Waals surface area (Å²) >= 11 is 0. The van der Waals surface area contributed by atoms with Crippen molar-refractivity contribution in [1.82, 2.24) is 20.3 Å². The van der Waals surface area contributed by atoms with Crippen LogP contribution in [0.3, 0.4) is 0 Å². The molecule has 0 unspecified atom stereocenters. The summed E-state index contributed by atoms with van der Waals surface area (Å²) < 4.78 is 5.40. The molecule has 0 atom stereocenters. The summed E-state index contributed by atoms with van der Waals surface area (Å²) in [6, 6.07) is 2.06. The Morgan fingerprint density at radius 2 is 2.20 bits per heavy atom. The van der Waals surface area contributed by atoms with Gasteiger partial charge in [-0.25, -0.2) is 0 Å². The van der Waals surface area contributed by atoms with Crippen LogP contribution in [-0.2, 0) is 13.1 Å². The van der Waals surface area contributed by atoms with E-state index in [9.17, 15) is 0 Å². The second kappa shape index (κ2) is 7.76. The fourth-order valence-electron chi connectivity index (χ4n) is 2.78. The van der Waals surface area contributed by atoms with Crippen LogP contribution in [0.4, 0.5) is 0 Å². The van der Waals surface area contributed by atoms with E-state index in [1.807, 2.05) is 0 Å². The van der Waals surface area contributed by atoms with Crippen LogP contribution in [0.5, 0.6) is 0 Å². The van der Waals surface area contributed by atoms with E-state index in [0.29, 0.717) is 0 Å². The predicted octanol–water partition coefficient (Wildman–Crippen LogP) is 1.56. The lowest BCUT2D eigenvalue weighted by atomic mass is 9.97. The fraction of sp³-hybridized carbons (Fsp3) is 0.800.